The highest BCUT2D eigenvalue weighted by atomic mass is 35.5. The molecule has 0 aliphatic rings. The minimum Gasteiger partial charge on any atom is -0.351 e. The Bertz CT molecular complexity index is 308. The molecular weight excluding hydrogens is 200 g/mol. The third-order valence-corrected chi connectivity index (χ3v) is 2.05. The van der Waals surface area contributed by atoms with Crippen LogP contribution in [-0.2, 0) is 11.3 Å². The van der Waals surface area contributed by atoms with Crippen LogP contribution < -0.4 is 11.1 Å². The highest BCUT2D eigenvalue weighted by Crippen LogP contribution is 2.08. The van der Waals surface area contributed by atoms with E-state index in [2.05, 4.69) is 5.32 Å². The number of halogens is 1. The molecule has 1 amide bonds. The fourth-order valence-electron chi connectivity index (χ4n) is 0.952. The molecule has 3 N–H and O–H groups in total. The van der Waals surface area contributed by atoms with E-state index < -0.39 is 6.04 Å². The van der Waals surface area contributed by atoms with Crippen LogP contribution in [0.4, 0.5) is 0 Å². The molecule has 0 radical (unpaired) electrons. The van der Waals surface area contributed by atoms with Crippen molar-refractivity contribution in [2.75, 3.05) is 0 Å². The van der Waals surface area contributed by atoms with Crippen LogP contribution >= 0.6 is 11.6 Å². The molecule has 0 aliphatic heterocycles. The van der Waals surface area contributed by atoms with Gasteiger partial charge in [-0.1, -0.05) is 23.7 Å². The Morgan fingerprint density at radius 1 is 1.50 bits per heavy atom. The standard InChI is InChI=1S/C10H13ClN2O/c1-7(12)10(14)13-6-8-2-4-9(11)5-3-8/h2-5,7H,6,12H2,1H3,(H,13,14). The first-order valence-corrected chi connectivity index (χ1v) is 4.75. The van der Waals surface area contributed by atoms with Crippen LogP contribution in [0.1, 0.15) is 12.5 Å². The summed E-state index contributed by atoms with van der Waals surface area (Å²) in [5, 5.41) is 3.40. The molecule has 1 unspecified atom stereocenters. The second kappa shape index (κ2) is 4.98. The Labute approximate surface area is 88.2 Å². The molecule has 0 aromatic heterocycles. The molecule has 1 atom stereocenters. The van der Waals surface area contributed by atoms with Crippen LogP contribution in [0.2, 0.25) is 5.02 Å². The van der Waals surface area contributed by atoms with E-state index in [-0.39, 0.29) is 5.91 Å². The number of hydrogen-bond acceptors (Lipinski definition) is 2. The van der Waals surface area contributed by atoms with Gasteiger partial charge in [-0.05, 0) is 24.6 Å². The first-order valence-electron chi connectivity index (χ1n) is 4.37. The molecule has 0 heterocycles. The SMILES string of the molecule is CC(N)C(=O)NCc1ccc(Cl)cc1. The van der Waals surface area contributed by atoms with Crippen LogP contribution in [-0.4, -0.2) is 11.9 Å². The quantitative estimate of drug-likeness (QED) is 0.794. The van der Waals surface area contributed by atoms with Gasteiger partial charge in [0.25, 0.3) is 0 Å². The molecule has 1 rings (SSSR count). The fourth-order valence-corrected chi connectivity index (χ4v) is 1.08. The van der Waals surface area contributed by atoms with Crippen molar-refractivity contribution < 1.29 is 4.79 Å². The molecule has 1 aromatic carbocycles. The van der Waals surface area contributed by atoms with E-state index in [4.69, 9.17) is 17.3 Å². The highest BCUT2D eigenvalue weighted by Gasteiger charge is 2.05. The zero-order valence-corrected chi connectivity index (χ0v) is 8.71. The van der Waals surface area contributed by atoms with Crippen molar-refractivity contribution in [2.24, 2.45) is 5.73 Å². The van der Waals surface area contributed by atoms with E-state index in [1.807, 2.05) is 12.1 Å². The Hall–Kier alpha value is -1.06. The van der Waals surface area contributed by atoms with Gasteiger partial charge < -0.3 is 11.1 Å². The summed E-state index contributed by atoms with van der Waals surface area (Å²) < 4.78 is 0. The Balaban J connectivity index is 2.46. The van der Waals surface area contributed by atoms with Crippen LogP contribution in [0.3, 0.4) is 0 Å². The van der Waals surface area contributed by atoms with Gasteiger partial charge in [-0.2, -0.15) is 0 Å². The van der Waals surface area contributed by atoms with E-state index >= 15 is 0 Å². The van der Waals surface area contributed by atoms with E-state index in [0.29, 0.717) is 11.6 Å². The van der Waals surface area contributed by atoms with E-state index in [1.54, 1.807) is 19.1 Å². The van der Waals surface area contributed by atoms with Crippen molar-refractivity contribution in [3.63, 3.8) is 0 Å². The average molecular weight is 213 g/mol. The summed E-state index contributed by atoms with van der Waals surface area (Å²) in [5.74, 6) is -0.153. The summed E-state index contributed by atoms with van der Waals surface area (Å²) in [7, 11) is 0. The van der Waals surface area contributed by atoms with Gasteiger partial charge in [0.15, 0.2) is 0 Å². The lowest BCUT2D eigenvalue weighted by atomic mass is 10.2. The largest absolute Gasteiger partial charge is 0.351 e. The number of nitrogens with one attached hydrogen (secondary N) is 1. The molecule has 14 heavy (non-hydrogen) atoms. The number of carbonyl (C=O) groups is 1. The molecule has 0 saturated heterocycles. The second-order valence-corrected chi connectivity index (χ2v) is 3.57. The number of carbonyl (C=O) groups excluding carboxylic acids is 1. The molecule has 1 aromatic rings. The zero-order valence-electron chi connectivity index (χ0n) is 7.96. The lowest BCUT2D eigenvalue weighted by molar-refractivity contribution is -0.122. The van der Waals surface area contributed by atoms with Gasteiger partial charge >= 0.3 is 0 Å². The zero-order chi connectivity index (χ0) is 10.6. The average Bonchev–Trinajstić information content (AvgIpc) is 2.16. The molecule has 0 bridgehead atoms. The summed E-state index contributed by atoms with van der Waals surface area (Å²) in [6, 6.07) is 6.83. The van der Waals surface area contributed by atoms with Gasteiger partial charge in [-0.15, -0.1) is 0 Å². The normalized spacial score (nSPS) is 12.2. The van der Waals surface area contributed by atoms with Crippen LogP contribution in [0.15, 0.2) is 24.3 Å². The molecule has 0 aliphatic carbocycles. The highest BCUT2D eigenvalue weighted by molar-refractivity contribution is 6.30. The number of benzene rings is 1. The number of amides is 1. The van der Waals surface area contributed by atoms with Crippen molar-refractivity contribution >= 4 is 17.5 Å². The number of rotatable bonds is 3. The van der Waals surface area contributed by atoms with Crippen LogP contribution in [0.5, 0.6) is 0 Å². The molecule has 0 saturated carbocycles. The van der Waals surface area contributed by atoms with Gasteiger partial charge in [0.05, 0.1) is 6.04 Å². The Morgan fingerprint density at radius 2 is 2.07 bits per heavy atom. The molecule has 76 valence electrons. The molecule has 0 fully saturated rings. The summed E-state index contributed by atoms with van der Waals surface area (Å²) in [4.78, 5) is 11.1. The first kappa shape index (κ1) is 11.0. The van der Waals surface area contributed by atoms with Crippen molar-refractivity contribution in [1.29, 1.82) is 0 Å². The van der Waals surface area contributed by atoms with Crippen LogP contribution in [0.25, 0.3) is 0 Å². The molecule has 0 spiro atoms. The maximum absolute atomic E-state index is 11.1. The third-order valence-electron chi connectivity index (χ3n) is 1.79. The Kier molecular flexibility index (Phi) is 3.92. The predicted octanol–water partition coefficient (Wildman–Crippen LogP) is 1.30. The van der Waals surface area contributed by atoms with Gasteiger partial charge in [0.2, 0.25) is 5.91 Å². The van der Waals surface area contributed by atoms with Crippen molar-refractivity contribution in [2.45, 2.75) is 19.5 Å². The minimum atomic E-state index is -0.470. The van der Waals surface area contributed by atoms with Gasteiger partial charge in [0, 0.05) is 11.6 Å². The monoisotopic (exact) mass is 212 g/mol. The van der Waals surface area contributed by atoms with Gasteiger partial charge in [-0.25, -0.2) is 0 Å². The maximum Gasteiger partial charge on any atom is 0.236 e. The first-order chi connectivity index (χ1) is 6.59. The predicted molar refractivity (Wildman–Crippen MR) is 56.9 cm³/mol. The summed E-state index contributed by atoms with van der Waals surface area (Å²) in [6.07, 6.45) is 0. The lowest BCUT2D eigenvalue weighted by Crippen LogP contribution is -2.37. The summed E-state index contributed by atoms with van der Waals surface area (Å²) >= 11 is 5.72. The van der Waals surface area contributed by atoms with E-state index in [9.17, 15) is 4.79 Å². The van der Waals surface area contributed by atoms with Crippen LogP contribution in [0, 0.1) is 0 Å². The minimum absolute atomic E-state index is 0.153. The van der Waals surface area contributed by atoms with Gasteiger partial charge in [0.1, 0.15) is 0 Å². The Morgan fingerprint density at radius 3 is 2.57 bits per heavy atom. The summed E-state index contributed by atoms with van der Waals surface area (Å²) in [6.45, 7) is 2.13. The van der Waals surface area contributed by atoms with E-state index in [0.717, 1.165) is 5.56 Å². The maximum atomic E-state index is 11.1. The smallest absolute Gasteiger partial charge is 0.236 e. The lowest BCUT2D eigenvalue weighted by Gasteiger charge is -2.07. The molecule has 4 heteroatoms. The topological polar surface area (TPSA) is 55.1 Å². The third kappa shape index (κ3) is 3.36. The molecule has 3 nitrogen and oxygen atoms in total. The van der Waals surface area contributed by atoms with Crippen molar-refractivity contribution in [1.82, 2.24) is 5.32 Å². The second-order valence-electron chi connectivity index (χ2n) is 3.13. The van der Waals surface area contributed by atoms with Crippen molar-refractivity contribution in [3.8, 4) is 0 Å². The van der Waals surface area contributed by atoms with Gasteiger partial charge in [-0.3, -0.25) is 4.79 Å². The molecular formula is C10H13ClN2O. The number of nitrogens with two attached hydrogens (primary N) is 1. The summed E-state index contributed by atoms with van der Waals surface area (Å²) in [5.41, 5.74) is 6.39. The number of hydrogen-bond donors (Lipinski definition) is 2. The fraction of sp³-hybridized carbons (Fsp3) is 0.300. The van der Waals surface area contributed by atoms with E-state index in [1.165, 1.54) is 0 Å². The van der Waals surface area contributed by atoms with Crippen molar-refractivity contribution in [3.05, 3.63) is 34.9 Å².